The number of nitrogens with zero attached hydrogens (tertiary/aromatic N) is 2. The van der Waals surface area contributed by atoms with Crippen molar-refractivity contribution in [3.63, 3.8) is 0 Å². The van der Waals surface area contributed by atoms with Crippen molar-refractivity contribution < 1.29 is 12.8 Å². The quantitative estimate of drug-likeness (QED) is 0.362. The van der Waals surface area contributed by atoms with Crippen molar-refractivity contribution in [3.05, 3.63) is 0 Å². The summed E-state index contributed by atoms with van der Waals surface area (Å²) in [6.07, 6.45) is 0. The van der Waals surface area contributed by atoms with Crippen LogP contribution in [0.15, 0.2) is 5.10 Å². The third-order valence-electron chi connectivity index (χ3n) is 0.643. The molecule has 0 N–H and O–H groups in total. The molecule has 0 aromatic rings. The topological polar surface area (TPSA) is 41.9 Å². The Labute approximate surface area is 67.7 Å². The third-order valence-corrected chi connectivity index (χ3v) is 1.25. The summed E-state index contributed by atoms with van der Waals surface area (Å²) in [4.78, 5) is 0. The van der Waals surface area contributed by atoms with Crippen LogP contribution in [0.4, 0.5) is 4.39 Å². The molecule has 66 valence electrons. The minimum Gasteiger partial charge on any atom is -0.381 e. The Hall–Kier alpha value is -0.650. The number of alkyl halides is 1. The lowest BCUT2D eigenvalue weighted by molar-refractivity contribution is 0.414. The zero-order valence-corrected chi connectivity index (χ0v) is 7.52. The molecular weight excluding hydrogens is 171 g/mol. The number of hydrogen-bond donors (Lipinski definition) is 0. The highest BCUT2D eigenvalue weighted by Gasteiger charge is 2.00. The second-order valence-corrected chi connectivity index (χ2v) is 2.95. The normalized spacial score (nSPS) is 14.4. The maximum Gasteiger partial charge on any atom is 0.240 e. The number of hydrogen-bond acceptors (Lipinski definition) is 4. The van der Waals surface area contributed by atoms with Gasteiger partial charge in [-0.05, 0) is 0 Å². The Balaban J connectivity index is 3.86. The fourth-order valence-corrected chi connectivity index (χ4v) is 0.802. The highest BCUT2D eigenvalue weighted by molar-refractivity contribution is 7.80. The van der Waals surface area contributed by atoms with Crippen molar-refractivity contribution in [3.8, 4) is 0 Å². The lowest BCUT2D eigenvalue weighted by Gasteiger charge is -2.05. The highest BCUT2D eigenvalue weighted by Crippen LogP contribution is 1.90. The molecule has 0 saturated heterocycles. The van der Waals surface area contributed by atoms with E-state index in [0.29, 0.717) is 0 Å². The van der Waals surface area contributed by atoms with Crippen LogP contribution >= 0.6 is 0 Å². The lowest BCUT2D eigenvalue weighted by atomic mass is 10.8. The molecule has 0 heterocycles. The molecule has 0 aliphatic carbocycles. The average molecular weight is 182 g/mol. The summed E-state index contributed by atoms with van der Waals surface area (Å²) in [6.45, 7) is 1.51. The fourth-order valence-electron chi connectivity index (χ4n) is 0.455. The van der Waals surface area contributed by atoms with E-state index >= 15 is 0 Å². The minimum atomic E-state index is -1.90. The Morgan fingerprint density at radius 3 is 2.64 bits per heavy atom. The molecule has 0 fully saturated rings. The van der Waals surface area contributed by atoms with Gasteiger partial charge in [-0.1, -0.05) is 0 Å². The van der Waals surface area contributed by atoms with E-state index in [1.807, 2.05) is 0 Å². The van der Waals surface area contributed by atoms with Crippen LogP contribution < -0.4 is 0 Å². The van der Waals surface area contributed by atoms with Gasteiger partial charge >= 0.3 is 0 Å². The summed E-state index contributed by atoms with van der Waals surface area (Å²) in [5.74, 6) is 0.186. The molecule has 1 atom stereocenters. The van der Waals surface area contributed by atoms with Gasteiger partial charge in [-0.3, -0.25) is 5.01 Å². The lowest BCUT2D eigenvalue weighted by Crippen LogP contribution is -2.11. The standard InChI is InChI=1S/C5H11FN2O2S/c1-5(7-8(2)3)10-11(9)4-6/h4H2,1-3H3/b7-5+. The summed E-state index contributed by atoms with van der Waals surface area (Å²) < 4.78 is 26.5. The third kappa shape index (κ3) is 5.78. The largest absolute Gasteiger partial charge is 0.381 e. The maximum atomic E-state index is 11.6. The van der Waals surface area contributed by atoms with Gasteiger partial charge in [0, 0.05) is 21.0 Å². The first kappa shape index (κ1) is 10.3. The van der Waals surface area contributed by atoms with Crippen molar-refractivity contribution >= 4 is 17.0 Å². The molecule has 0 aliphatic rings. The molecular formula is C5H11FN2O2S. The molecule has 11 heavy (non-hydrogen) atoms. The van der Waals surface area contributed by atoms with Crippen LogP contribution in [-0.4, -0.2) is 35.2 Å². The molecule has 0 aliphatic heterocycles. The summed E-state index contributed by atoms with van der Waals surface area (Å²) in [6, 6.07) is -1.01. The van der Waals surface area contributed by atoms with Crippen molar-refractivity contribution in [1.29, 1.82) is 0 Å². The molecule has 0 radical (unpaired) electrons. The first-order chi connectivity index (χ1) is 5.06. The van der Waals surface area contributed by atoms with E-state index in [4.69, 9.17) is 0 Å². The number of rotatable bonds is 3. The van der Waals surface area contributed by atoms with E-state index in [-0.39, 0.29) is 5.90 Å². The van der Waals surface area contributed by atoms with Gasteiger partial charge < -0.3 is 4.18 Å². The average Bonchev–Trinajstić information content (AvgIpc) is 1.85. The van der Waals surface area contributed by atoms with E-state index in [9.17, 15) is 8.60 Å². The summed E-state index contributed by atoms with van der Waals surface area (Å²) in [7, 11) is 3.37. The zero-order chi connectivity index (χ0) is 8.85. The van der Waals surface area contributed by atoms with Gasteiger partial charge in [0.15, 0.2) is 0 Å². The smallest absolute Gasteiger partial charge is 0.240 e. The van der Waals surface area contributed by atoms with Crippen LogP contribution in [-0.2, 0) is 15.3 Å². The molecule has 4 nitrogen and oxygen atoms in total. The Bertz CT molecular complexity index is 172. The van der Waals surface area contributed by atoms with Crippen LogP contribution in [0.2, 0.25) is 0 Å². The van der Waals surface area contributed by atoms with Crippen molar-refractivity contribution in [1.82, 2.24) is 5.01 Å². The van der Waals surface area contributed by atoms with Gasteiger partial charge in [-0.15, -0.1) is 5.10 Å². The van der Waals surface area contributed by atoms with E-state index in [1.165, 1.54) is 11.9 Å². The molecule has 6 heteroatoms. The van der Waals surface area contributed by atoms with Gasteiger partial charge in [0.05, 0.1) is 0 Å². The molecule has 0 bridgehead atoms. The summed E-state index contributed by atoms with van der Waals surface area (Å²) in [5, 5.41) is 5.21. The van der Waals surface area contributed by atoms with Gasteiger partial charge in [0.1, 0.15) is 0 Å². The van der Waals surface area contributed by atoms with Gasteiger partial charge in [0.25, 0.3) is 0 Å². The molecule has 0 rings (SSSR count). The molecule has 0 spiro atoms. The second kappa shape index (κ2) is 5.06. The minimum absolute atomic E-state index is 0.186. The fraction of sp³-hybridized carbons (Fsp3) is 0.800. The van der Waals surface area contributed by atoms with E-state index in [1.54, 1.807) is 14.1 Å². The van der Waals surface area contributed by atoms with Crippen molar-refractivity contribution in [2.45, 2.75) is 6.92 Å². The highest BCUT2D eigenvalue weighted by atomic mass is 32.2. The Kier molecular flexibility index (Phi) is 4.76. The monoisotopic (exact) mass is 182 g/mol. The molecule has 0 aromatic carbocycles. The maximum absolute atomic E-state index is 11.6. The van der Waals surface area contributed by atoms with E-state index < -0.39 is 17.1 Å². The number of halogens is 1. The first-order valence-electron chi connectivity index (χ1n) is 2.91. The van der Waals surface area contributed by atoms with Crippen LogP contribution in [0.1, 0.15) is 6.92 Å². The van der Waals surface area contributed by atoms with Gasteiger partial charge in [-0.25, -0.2) is 8.60 Å². The van der Waals surface area contributed by atoms with Crippen molar-refractivity contribution in [2.75, 3.05) is 20.1 Å². The summed E-state index contributed by atoms with van der Waals surface area (Å²) >= 11 is -1.90. The van der Waals surface area contributed by atoms with Gasteiger partial charge in [0.2, 0.25) is 23.0 Å². The van der Waals surface area contributed by atoms with Crippen molar-refractivity contribution in [2.24, 2.45) is 5.10 Å². The van der Waals surface area contributed by atoms with Crippen LogP contribution in [0.25, 0.3) is 0 Å². The molecule has 0 aromatic heterocycles. The molecule has 0 saturated carbocycles. The van der Waals surface area contributed by atoms with E-state index in [2.05, 4.69) is 9.28 Å². The zero-order valence-electron chi connectivity index (χ0n) is 6.70. The first-order valence-corrected chi connectivity index (χ1v) is 4.16. The Morgan fingerprint density at radius 1 is 1.73 bits per heavy atom. The predicted molar refractivity (Wildman–Crippen MR) is 42.0 cm³/mol. The number of hydrazone groups is 1. The van der Waals surface area contributed by atoms with E-state index in [0.717, 1.165) is 0 Å². The van der Waals surface area contributed by atoms with Crippen LogP contribution in [0.5, 0.6) is 0 Å². The van der Waals surface area contributed by atoms with Crippen LogP contribution in [0.3, 0.4) is 0 Å². The molecule has 0 amide bonds. The predicted octanol–water partition coefficient (Wildman–Crippen LogP) is 0.489. The summed E-state index contributed by atoms with van der Waals surface area (Å²) in [5.41, 5.74) is 0. The van der Waals surface area contributed by atoms with Crippen LogP contribution in [0, 0.1) is 0 Å². The molecule has 1 unspecified atom stereocenters. The Morgan fingerprint density at radius 2 is 2.27 bits per heavy atom. The van der Waals surface area contributed by atoms with Gasteiger partial charge in [-0.2, -0.15) is 0 Å². The second-order valence-electron chi connectivity index (χ2n) is 1.96. The SMILES string of the molecule is C/C(=N\N(C)C)OS(=O)CF.